The van der Waals surface area contributed by atoms with Gasteiger partial charge in [0.2, 0.25) is 0 Å². The molecule has 1 aromatic heterocycles. The van der Waals surface area contributed by atoms with E-state index in [1.54, 1.807) is 11.3 Å². The molecule has 0 spiro atoms. The molecule has 0 aliphatic carbocycles. The van der Waals surface area contributed by atoms with Gasteiger partial charge in [0.05, 0.1) is 30.5 Å². The smallest absolute Gasteiger partial charge is 0.191 e. The summed E-state index contributed by atoms with van der Waals surface area (Å²) in [7, 11) is 0. The van der Waals surface area contributed by atoms with Crippen molar-refractivity contribution in [2.75, 3.05) is 26.3 Å². The van der Waals surface area contributed by atoms with Crippen LogP contribution in [0.4, 0.5) is 0 Å². The summed E-state index contributed by atoms with van der Waals surface area (Å²) in [5.41, 5.74) is 2.23. The molecule has 2 N–H and O–H groups in total. The van der Waals surface area contributed by atoms with Crippen LogP contribution in [0.5, 0.6) is 11.5 Å². The SMILES string of the molecule is CCNC(=NCc1ccc2c(c1)OCCCO2)NCCc1nc(C)c(C)s1.I. The fourth-order valence-electron chi connectivity index (χ4n) is 2.75. The van der Waals surface area contributed by atoms with Crippen molar-refractivity contribution in [3.63, 3.8) is 0 Å². The number of fused-ring (bicyclic) bond motifs is 1. The Morgan fingerprint density at radius 2 is 1.96 bits per heavy atom. The molecule has 8 heteroatoms. The predicted octanol–water partition coefficient (Wildman–Crippen LogP) is 3.84. The molecule has 28 heavy (non-hydrogen) atoms. The number of benzene rings is 1. The Labute approximate surface area is 188 Å². The summed E-state index contributed by atoms with van der Waals surface area (Å²) in [4.78, 5) is 10.6. The van der Waals surface area contributed by atoms with Crippen LogP contribution in [0.1, 0.15) is 34.5 Å². The Hall–Kier alpha value is -1.55. The quantitative estimate of drug-likeness (QED) is 0.347. The molecule has 154 valence electrons. The van der Waals surface area contributed by atoms with Crippen molar-refractivity contribution in [2.24, 2.45) is 4.99 Å². The molecule has 0 unspecified atom stereocenters. The lowest BCUT2D eigenvalue weighted by Crippen LogP contribution is -2.38. The first-order chi connectivity index (χ1) is 13.2. The number of halogens is 1. The molecule has 2 heterocycles. The Morgan fingerprint density at radius 1 is 1.18 bits per heavy atom. The molecule has 1 aliphatic rings. The van der Waals surface area contributed by atoms with Crippen molar-refractivity contribution in [1.29, 1.82) is 0 Å². The number of thiazole rings is 1. The fraction of sp³-hybridized carbons (Fsp3) is 0.500. The van der Waals surface area contributed by atoms with Crippen LogP contribution in [0.25, 0.3) is 0 Å². The zero-order chi connectivity index (χ0) is 19.1. The molecular formula is C20H29IN4O2S. The van der Waals surface area contributed by atoms with Crippen molar-refractivity contribution in [1.82, 2.24) is 15.6 Å². The number of nitrogens with one attached hydrogen (secondary N) is 2. The third-order valence-corrected chi connectivity index (χ3v) is 5.41. The molecule has 6 nitrogen and oxygen atoms in total. The van der Waals surface area contributed by atoms with E-state index < -0.39 is 0 Å². The highest BCUT2D eigenvalue weighted by atomic mass is 127. The number of ether oxygens (including phenoxy) is 2. The minimum Gasteiger partial charge on any atom is -0.490 e. The third-order valence-electron chi connectivity index (χ3n) is 4.28. The normalized spacial score (nSPS) is 13.5. The lowest BCUT2D eigenvalue weighted by atomic mass is 10.2. The number of guanidine groups is 1. The van der Waals surface area contributed by atoms with Gasteiger partial charge in [-0.25, -0.2) is 9.98 Å². The van der Waals surface area contributed by atoms with E-state index in [0.29, 0.717) is 19.8 Å². The van der Waals surface area contributed by atoms with Gasteiger partial charge in [0.1, 0.15) is 0 Å². The molecule has 0 atom stereocenters. The standard InChI is InChI=1S/C20H28N4O2S.HI/c1-4-21-20(22-9-8-19-24-14(2)15(3)27-19)23-13-16-6-7-17-18(12-16)26-11-5-10-25-17;/h6-7,12H,4-5,8-11,13H2,1-3H3,(H2,21,22,23);1H. The Balaban J connectivity index is 0.00000280. The molecule has 0 saturated carbocycles. The second kappa shape index (κ2) is 11.5. The molecular weight excluding hydrogens is 487 g/mol. The van der Waals surface area contributed by atoms with Crippen molar-refractivity contribution >= 4 is 41.3 Å². The van der Waals surface area contributed by atoms with Crippen LogP contribution in [0.3, 0.4) is 0 Å². The number of aromatic nitrogens is 1. The Morgan fingerprint density at radius 3 is 2.68 bits per heavy atom. The van der Waals surface area contributed by atoms with Crippen molar-refractivity contribution < 1.29 is 9.47 Å². The molecule has 0 bridgehead atoms. The highest BCUT2D eigenvalue weighted by Crippen LogP contribution is 2.30. The molecule has 0 amide bonds. The van der Waals surface area contributed by atoms with E-state index in [-0.39, 0.29) is 24.0 Å². The van der Waals surface area contributed by atoms with Crippen LogP contribution in [0.15, 0.2) is 23.2 Å². The zero-order valence-corrected chi connectivity index (χ0v) is 19.9. The Bertz CT molecular complexity index is 775. The molecule has 2 aromatic rings. The van der Waals surface area contributed by atoms with E-state index in [4.69, 9.17) is 14.5 Å². The van der Waals surface area contributed by atoms with E-state index in [9.17, 15) is 0 Å². The average molecular weight is 516 g/mol. The summed E-state index contributed by atoms with van der Waals surface area (Å²) >= 11 is 1.77. The average Bonchev–Trinajstić information content (AvgIpc) is 2.85. The molecule has 3 rings (SSSR count). The van der Waals surface area contributed by atoms with Gasteiger partial charge in [-0.3, -0.25) is 0 Å². The van der Waals surface area contributed by atoms with Gasteiger partial charge >= 0.3 is 0 Å². The number of aryl methyl sites for hydroxylation is 2. The minimum absolute atomic E-state index is 0. The monoisotopic (exact) mass is 516 g/mol. The van der Waals surface area contributed by atoms with Crippen LogP contribution < -0.4 is 20.1 Å². The fourth-order valence-corrected chi connectivity index (χ4v) is 3.69. The zero-order valence-electron chi connectivity index (χ0n) is 16.7. The predicted molar refractivity (Wildman–Crippen MR) is 126 cm³/mol. The largest absolute Gasteiger partial charge is 0.490 e. The van der Waals surface area contributed by atoms with Gasteiger partial charge in [0, 0.05) is 30.8 Å². The summed E-state index contributed by atoms with van der Waals surface area (Å²) in [5.74, 6) is 2.45. The first-order valence-electron chi connectivity index (χ1n) is 9.49. The number of rotatable bonds is 6. The first kappa shape index (κ1) is 22.7. The lowest BCUT2D eigenvalue weighted by molar-refractivity contribution is 0.297. The number of hydrogen-bond donors (Lipinski definition) is 2. The topological polar surface area (TPSA) is 67.8 Å². The third kappa shape index (κ3) is 6.51. The van der Waals surface area contributed by atoms with E-state index in [0.717, 1.165) is 59.7 Å². The number of nitrogens with zero attached hydrogens (tertiary/aromatic N) is 2. The van der Waals surface area contributed by atoms with E-state index in [1.807, 2.05) is 18.2 Å². The maximum atomic E-state index is 5.76. The summed E-state index contributed by atoms with van der Waals surface area (Å²) in [6.07, 6.45) is 1.81. The molecule has 1 aliphatic heterocycles. The van der Waals surface area contributed by atoms with Crippen molar-refractivity contribution in [3.8, 4) is 11.5 Å². The highest BCUT2D eigenvalue weighted by Gasteiger charge is 2.10. The summed E-state index contributed by atoms with van der Waals surface area (Å²) in [6, 6.07) is 6.04. The Kier molecular flexibility index (Phi) is 9.30. The van der Waals surface area contributed by atoms with Crippen LogP contribution in [0, 0.1) is 13.8 Å². The first-order valence-corrected chi connectivity index (χ1v) is 10.3. The molecule has 0 fully saturated rings. The van der Waals surface area contributed by atoms with Crippen LogP contribution in [-0.4, -0.2) is 37.2 Å². The number of aliphatic imine (C=N–C) groups is 1. The van der Waals surface area contributed by atoms with Gasteiger partial charge in [0.25, 0.3) is 0 Å². The molecule has 1 aromatic carbocycles. The lowest BCUT2D eigenvalue weighted by Gasteiger charge is -2.11. The minimum atomic E-state index is 0. The molecule has 0 saturated heterocycles. The van der Waals surface area contributed by atoms with Crippen molar-refractivity contribution in [3.05, 3.63) is 39.3 Å². The van der Waals surface area contributed by atoms with Gasteiger partial charge < -0.3 is 20.1 Å². The van der Waals surface area contributed by atoms with Crippen LogP contribution >= 0.6 is 35.3 Å². The summed E-state index contributed by atoms with van der Waals surface area (Å²) < 4.78 is 11.4. The maximum absolute atomic E-state index is 5.76. The number of hydrogen-bond acceptors (Lipinski definition) is 5. The van der Waals surface area contributed by atoms with Gasteiger partial charge in [-0.2, -0.15) is 0 Å². The van der Waals surface area contributed by atoms with Gasteiger partial charge in [-0.1, -0.05) is 6.07 Å². The molecule has 0 radical (unpaired) electrons. The van der Waals surface area contributed by atoms with Gasteiger partial charge in [-0.05, 0) is 38.5 Å². The summed E-state index contributed by atoms with van der Waals surface area (Å²) in [5, 5.41) is 7.85. The second-order valence-corrected chi connectivity index (χ2v) is 7.74. The van der Waals surface area contributed by atoms with Crippen LogP contribution in [0.2, 0.25) is 0 Å². The van der Waals surface area contributed by atoms with Crippen molar-refractivity contribution in [2.45, 2.75) is 40.2 Å². The maximum Gasteiger partial charge on any atom is 0.191 e. The van der Waals surface area contributed by atoms with Gasteiger partial charge in [-0.15, -0.1) is 35.3 Å². The summed E-state index contributed by atoms with van der Waals surface area (Å²) in [6.45, 7) is 9.85. The van der Waals surface area contributed by atoms with E-state index in [2.05, 4.69) is 36.4 Å². The van der Waals surface area contributed by atoms with E-state index in [1.165, 1.54) is 4.88 Å². The van der Waals surface area contributed by atoms with Gasteiger partial charge in [0.15, 0.2) is 17.5 Å². The highest BCUT2D eigenvalue weighted by molar-refractivity contribution is 14.0. The van der Waals surface area contributed by atoms with E-state index >= 15 is 0 Å². The van der Waals surface area contributed by atoms with Crippen LogP contribution in [-0.2, 0) is 13.0 Å². The second-order valence-electron chi connectivity index (χ2n) is 6.45.